The Balaban J connectivity index is 2.36. The number of ether oxygens (including phenoxy) is 1. The molecule has 20 heavy (non-hydrogen) atoms. The number of nitrogens with zero attached hydrogens (tertiary/aromatic N) is 1. The van der Waals surface area contributed by atoms with Crippen LogP contribution in [-0.2, 0) is 9.68 Å². The first-order valence-electron chi connectivity index (χ1n) is 5.28. The summed E-state index contributed by atoms with van der Waals surface area (Å²) in [5.41, 5.74) is -1.81. The zero-order valence-electron chi connectivity index (χ0n) is 9.57. The summed E-state index contributed by atoms with van der Waals surface area (Å²) in [4.78, 5) is 26.5. The van der Waals surface area contributed by atoms with Gasteiger partial charge in [0, 0.05) is 12.3 Å². The van der Waals surface area contributed by atoms with E-state index in [2.05, 4.69) is 9.68 Å². The van der Waals surface area contributed by atoms with E-state index < -0.39 is 41.9 Å². The molecule has 1 aliphatic rings. The van der Waals surface area contributed by atoms with Crippen LogP contribution in [0.2, 0.25) is 0 Å². The molecule has 0 aliphatic carbocycles. The smallest absolute Gasteiger partial charge is 0.387 e. The van der Waals surface area contributed by atoms with E-state index in [1.54, 1.807) is 4.98 Å². The standard InChI is InChI=1S/C9H9F3N2O6/c10-9(11,20-12)6-4(16)5(17)7(19-6)14-2-1-3(15)13-8(14)18/h1-2,4-7,16-17H,(H,13,15,18)/t4-,5+,6-,7+/m0/s1. The van der Waals surface area contributed by atoms with Crippen molar-refractivity contribution >= 4 is 0 Å². The molecule has 0 aromatic carbocycles. The summed E-state index contributed by atoms with van der Waals surface area (Å²) >= 11 is 0. The average Bonchev–Trinajstić information content (AvgIpc) is 2.68. The summed E-state index contributed by atoms with van der Waals surface area (Å²) < 4.78 is 42.9. The van der Waals surface area contributed by atoms with Gasteiger partial charge in [0.15, 0.2) is 12.3 Å². The molecule has 2 heterocycles. The first-order chi connectivity index (χ1) is 9.27. The number of aliphatic hydroxyl groups is 2. The molecule has 11 heteroatoms. The van der Waals surface area contributed by atoms with E-state index in [0.29, 0.717) is 4.57 Å². The van der Waals surface area contributed by atoms with Gasteiger partial charge in [-0.25, -0.2) is 4.79 Å². The van der Waals surface area contributed by atoms with Gasteiger partial charge < -0.3 is 14.9 Å². The van der Waals surface area contributed by atoms with Crippen LogP contribution in [-0.4, -0.2) is 44.2 Å². The Labute approximate surface area is 107 Å². The van der Waals surface area contributed by atoms with Gasteiger partial charge in [0.1, 0.15) is 12.2 Å². The third kappa shape index (κ3) is 2.35. The van der Waals surface area contributed by atoms with Gasteiger partial charge in [0.2, 0.25) is 0 Å². The number of aromatic nitrogens is 2. The van der Waals surface area contributed by atoms with Crippen molar-refractivity contribution in [1.29, 1.82) is 0 Å². The van der Waals surface area contributed by atoms with Crippen LogP contribution in [0.15, 0.2) is 21.9 Å². The summed E-state index contributed by atoms with van der Waals surface area (Å²) in [5, 5.41) is 19.0. The Hall–Kier alpha value is -1.69. The minimum atomic E-state index is -4.51. The molecule has 1 saturated heterocycles. The van der Waals surface area contributed by atoms with Crippen LogP contribution in [0.25, 0.3) is 0 Å². The molecule has 1 aromatic rings. The van der Waals surface area contributed by atoms with Crippen LogP contribution >= 0.6 is 0 Å². The van der Waals surface area contributed by atoms with Crippen molar-refractivity contribution in [1.82, 2.24) is 9.55 Å². The molecule has 2 rings (SSSR count). The minimum Gasteiger partial charge on any atom is -0.387 e. The van der Waals surface area contributed by atoms with Crippen molar-refractivity contribution in [3.05, 3.63) is 33.1 Å². The van der Waals surface area contributed by atoms with E-state index in [0.717, 1.165) is 12.3 Å². The monoisotopic (exact) mass is 298 g/mol. The first-order valence-corrected chi connectivity index (χ1v) is 5.28. The summed E-state index contributed by atoms with van der Waals surface area (Å²) in [6.07, 6.45) is -12.1. The topological polar surface area (TPSA) is 114 Å². The lowest BCUT2D eigenvalue weighted by Crippen LogP contribution is -2.43. The fraction of sp³-hybridized carbons (Fsp3) is 0.556. The summed E-state index contributed by atoms with van der Waals surface area (Å²) in [6, 6.07) is 0.876. The van der Waals surface area contributed by atoms with E-state index in [1.165, 1.54) is 0 Å². The third-order valence-corrected chi connectivity index (χ3v) is 2.80. The average molecular weight is 298 g/mol. The van der Waals surface area contributed by atoms with Gasteiger partial charge in [-0.2, -0.15) is 8.78 Å². The predicted octanol–water partition coefficient (Wildman–Crippen LogP) is -1.35. The number of H-pyrrole nitrogens is 1. The SMILES string of the molecule is O=c1ccn([C@@H]2O[C@H](C(F)(F)OF)[C@@H](O)[C@H]2O)c(=O)[nH]1. The van der Waals surface area contributed by atoms with E-state index in [9.17, 15) is 33.1 Å². The van der Waals surface area contributed by atoms with Crippen LogP contribution < -0.4 is 11.2 Å². The number of hydrogen-bond donors (Lipinski definition) is 3. The fourth-order valence-corrected chi connectivity index (χ4v) is 1.84. The van der Waals surface area contributed by atoms with Gasteiger partial charge in [-0.1, -0.05) is 0 Å². The van der Waals surface area contributed by atoms with Crippen molar-refractivity contribution in [2.75, 3.05) is 0 Å². The van der Waals surface area contributed by atoms with Gasteiger partial charge in [-0.3, -0.25) is 14.3 Å². The zero-order valence-corrected chi connectivity index (χ0v) is 9.57. The summed E-state index contributed by atoms with van der Waals surface area (Å²) in [5.74, 6) is 0. The second-order valence-corrected chi connectivity index (χ2v) is 4.08. The molecule has 3 N–H and O–H groups in total. The molecule has 0 bridgehead atoms. The quantitative estimate of drug-likeness (QED) is 0.636. The molecule has 1 aromatic heterocycles. The van der Waals surface area contributed by atoms with E-state index in [4.69, 9.17) is 0 Å². The molecular formula is C9H9F3N2O6. The van der Waals surface area contributed by atoms with E-state index in [1.807, 2.05) is 0 Å². The van der Waals surface area contributed by atoms with E-state index >= 15 is 0 Å². The van der Waals surface area contributed by atoms with Crippen molar-refractivity contribution in [2.45, 2.75) is 30.6 Å². The largest absolute Gasteiger partial charge is 0.414 e. The van der Waals surface area contributed by atoms with Crippen LogP contribution in [0.5, 0.6) is 0 Å². The second kappa shape index (κ2) is 5.01. The number of aliphatic hydroxyl groups excluding tert-OH is 2. The van der Waals surface area contributed by atoms with Gasteiger partial charge in [-0.05, 0) is 4.53 Å². The van der Waals surface area contributed by atoms with Crippen LogP contribution in [0.3, 0.4) is 0 Å². The molecule has 0 spiro atoms. The molecule has 4 atom stereocenters. The number of halogens is 3. The zero-order chi connectivity index (χ0) is 15.1. The fourth-order valence-electron chi connectivity index (χ4n) is 1.84. The molecule has 8 nitrogen and oxygen atoms in total. The highest BCUT2D eigenvalue weighted by atomic mass is 19.4. The van der Waals surface area contributed by atoms with Gasteiger partial charge in [-0.15, -0.1) is 4.94 Å². The normalized spacial score (nSPS) is 30.6. The molecule has 0 unspecified atom stereocenters. The number of hydrogen-bond acceptors (Lipinski definition) is 6. The number of alkyl halides is 2. The maximum atomic E-state index is 13.0. The van der Waals surface area contributed by atoms with Gasteiger partial charge in [0.05, 0.1) is 0 Å². The molecule has 0 amide bonds. The predicted molar refractivity (Wildman–Crippen MR) is 54.4 cm³/mol. The number of nitrogens with one attached hydrogen (secondary N) is 1. The van der Waals surface area contributed by atoms with Crippen LogP contribution in [0, 0.1) is 0 Å². The van der Waals surface area contributed by atoms with E-state index in [-0.39, 0.29) is 0 Å². The lowest BCUT2D eigenvalue weighted by molar-refractivity contribution is -0.394. The highest BCUT2D eigenvalue weighted by Gasteiger charge is 2.57. The Morgan fingerprint density at radius 2 is 2.00 bits per heavy atom. The Morgan fingerprint density at radius 1 is 1.35 bits per heavy atom. The second-order valence-electron chi connectivity index (χ2n) is 4.08. The maximum Gasteiger partial charge on any atom is 0.414 e. The molecule has 112 valence electrons. The number of aromatic amines is 1. The molecule has 0 saturated carbocycles. The highest BCUT2D eigenvalue weighted by Crippen LogP contribution is 2.37. The van der Waals surface area contributed by atoms with Gasteiger partial charge >= 0.3 is 11.8 Å². The Bertz CT molecular complexity index is 602. The lowest BCUT2D eigenvalue weighted by atomic mass is 10.1. The molecule has 1 aliphatic heterocycles. The Kier molecular flexibility index (Phi) is 3.69. The summed E-state index contributed by atoms with van der Waals surface area (Å²) in [6.45, 7) is 0. The molecule has 0 radical (unpaired) electrons. The minimum absolute atomic E-state index is 0.573. The van der Waals surface area contributed by atoms with Crippen LogP contribution in [0.4, 0.5) is 13.3 Å². The van der Waals surface area contributed by atoms with Crippen molar-refractivity contribution in [2.24, 2.45) is 0 Å². The van der Waals surface area contributed by atoms with Crippen molar-refractivity contribution in [3.8, 4) is 0 Å². The summed E-state index contributed by atoms with van der Waals surface area (Å²) in [7, 11) is 0. The lowest BCUT2D eigenvalue weighted by Gasteiger charge is -2.20. The maximum absolute atomic E-state index is 13.0. The van der Waals surface area contributed by atoms with Gasteiger partial charge in [0.25, 0.3) is 5.56 Å². The first kappa shape index (κ1) is 14.7. The molecular weight excluding hydrogens is 289 g/mol. The third-order valence-electron chi connectivity index (χ3n) is 2.80. The highest BCUT2D eigenvalue weighted by molar-refractivity contribution is 4.95. The van der Waals surface area contributed by atoms with Crippen molar-refractivity contribution < 1.29 is 33.2 Å². The number of rotatable bonds is 3. The van der Waals surface area contributed by atoms with Crippen LogP contribution in [0.1, 0.15) is 6.23 Å². The Morgan fingerprint density at radius 3 is 2.55 bits per heavy atom. The van der Waals surface area contributed by atoms with Crippen molar-refractivity contribution in [3.63, 3.8) is 0 Å². The molecule has 1 fully saturated rings.